The molecule has 1 saturated heterocycles. The Kier molecular flexibility index (Phi) is 5.23. The summed E-state index contributed by atoms with van der Waals surface area (Å²) < 4.78 is 11.1. The lowest BCUT2D eigenvalue weighted by Gasteiger charge is -2.15. The third-order valence-corrected chi connectivity index (χ3v) is 4.91. The van der Waals surface area contributed by atoms with E-state index in [0.717, 1.165) is 24.4 Å². The van der Waals surface area contributed by atoms with Crippen LogP contribution in [0.5, 0.6) is 11.5 Å². The fourth-order valence-corrected chi connectivity index (χ4v) is 3.41. The monoisotopic (exact) mass is 378 g/mol. The molecular formula is C21H22N4O3. The molecule has 144 valence electrons. The predicted octanol–water partition coefficient (Wildman–Crippen LogP) is 3.02. The van der Waals surface area contributed by atoms with Crippen LogP contribution in [0.25, 0.3) is 0 Å². The zero-order valence-corrected chi connectivity index (χ0v) is 15.7. The van der Waals surface area contributed by atoms with Crippen molar-refractivity contribution in [2.75, 3.05) is 20.2 Å². The molecule has 4 rings (SSSR count). The van der Waals surface area contributed by atoms with Crippen molar-refractivity contribution in [3.63, 3.8) is 0 Å². The van der Waals surface area contributed by atoms with Gasteiger partial charge in [-0.3, -0.25) is 14.9 Å². The average Bonchev–Trinajstić information content (AvgIpc) is 3.42. The maximum Gasteiger partial charge on any atom is 0.255 e. The second kappa shape index (κ2) is 8.12. The Balaban J connectivity index is 1.36. The summed E-state index contributed by atoms with van der Waals surface area (Å²) in [4.78, 5) is 18.5. The van der Waals surface area contributed by atoms with E-state index in [1.165, 1.54) is 0 Å². The van der Waals surface area contributed by atoms with Crippen molar-refractivity contribution in [2.45, 2.75) is 18.9 Å². The van der Waals surface area contributed by atoms with Gasteiger partial charge in [0, 0.05) is 31.4 Å². The number of aromatic nitrogens is 3. The quantitative estimate of drug-likeness (QED) is 0.713. The van der Waals surface area contributed by atoms with Crippen molar-refractivity contribution < 1.29 is 14.3 Å². The average molecular weight is 378 g/mol. The van der Waals surface area contributed by atoms with Crippen LogP contribution < -0.4 is 9.47 Å². The van der Waals surface area contributed by atoms with Gasteiger partial charge in [-0.15, -0.1) is 0 Å². The number of aromatic amines is 1. The van der Waals surface area contributed by atoms with Crippen LogP contribution in [0.4, 0.5) is 0 Å². The van der Waals surface area contributed by atoms with E-state index in [1.54, 1.807) is 31.6 Å². The van der Waals surface area contributed by atoms with Gasteiger partial charge < -0.3 is 14.4 Å². The van der Waals surface area contributed by atoms with Crippen molar-refractivity contribution in [3.8, 4) is 11.5 Å². The van der Waals surface area contributed by atoms with Crippen LogP contribution in [0.15, 0.2) is 54.9 Å². The van der Waals surface area contributed by atoms with E-state index >= 15 is 0 Å². The molecule has 0 spiro atoms. The van der Waals surface area contributed by atoms with Crippen LogP contribution in [0, 0.1) is 0 Å². The minimum atomic E-state index is 0.0193. The molecule has 1 aromatic carbocycles. The molecule has 1 N–H and O–H groups in total. The Morgan fingerprint density at radius 2 is 2.11 bits per heavy atom. The number of nitrogens with zero attached hydrogens (tertiary/aromatic N) is 3. The number of hydrogen-bond donors (Lipinski definition) is 1. The number of H-pyrrole nitrogens is 1. The standard InChI is InChI=1S/C21H22N4O3/c1-27-19-6-2-3-7-20(19)28-14-17-11-18(24-23-17)16-8-10-25(13-16)21(26)15-5-4-9-22-12-15/h2-7,9,11-12,16H,8,10,13-14H2,1H3,(H,23,24). The van der Waals surface area contributed by atoms with Crippen LogP contribution in [0.2, 0.25) is 0 Å². The first-order chi connectivity index (χ1) is 13.7. The fraction of sp³-hybridized carbons (Fsp3) is 0.286. The van der Waals surface area contributed by atoms with Crippen LogP contribution >= 0.6 is 0 Å². The predicted molar refractivity (Wildman–Crippen MR) is 103 cm³/mol. The van der Waals surface area contributed by atoms with Crippen molar-refractivity contribution in [1.29, 1.82) is 0 Å². The highest BCUT2D eigenvalue weighted by molar-refractivity contribution is 5.94. The highest BCUT2D eigenvalue weighted by Gasteiger charge is 2.29. The molecule has 2 aromatic heterocycles. The first-order valence-electron chi connectivity index (χ1n) is 9.24. The minimum Gasteiger partial charge on any atom is -0.493 e. The lowest BCUT2D eigenvalue weighted by atomic mass is 10.1. The van der Waals surface area contributed by atoms with Gasteiger partial charge in [-0.05, 0) is 36.8 Å². The largest absolute Gasteiger partial charge is 0.493 e. The number of methoxy groups -OCH3 is 1. The van der Waals surface area contributed by atoms with E-state index in [-0.39, 0.29) is 11.8 Å². The minimum absolute atomic E-state index is 0.0193. The lowest BCUT2D eigenvalue weighted by molar-refractivity contribution is 0.0790. The number of hydrogen-bond acceptors (Lipinski definition) is 5. The summed E-state index contributed by atoms with van der Waals surface area (Å²) in [6, 6.07) is 13.1. The Morgan fingerprint density at radius 1 is 1.25 bits per heavy atom. The third-order valence-electron chi connectivity index (χ3n) is 4.91. The number of likely N-dealkylation sites (tertiary alicyclic amines) is 1. The molecule has 0 aliphatic carbocycles. The highest BCUT2D eigenvalue weighted by atomic mass is 16.5. The number of carbonyl (C=O) groups excluding carboxylic acids is 1. The Hall–Kier alpha value is -3.35. The van der Waals surface area contributed by atoms with E-state index in [9.17, 15) is 4.79 Å². The first kappa shape index (κ1) is 18.0. The number of pyridine rings is 1. The Labute approximate surface area is 163 Å². The van der Waals surface area contributed by atoms with Crippen LogP contribution in [-0.2, 0) is 6.61 Å². The lowest BCUT2D eigenvalue weighted by Crippen LogP contribution is -2.28. The maximum atomic E-state index is 12.6. The van der Waals surface area contributed by atoms with Gasteiger partial charge in [0.25, 0.3) is 5.91 Å². The fourth-order valence-electron chi connectivity index (χ4n) is 3.41. The van der Waals surface area contributed by atoms with Gasteiger partial charge in [-0.25, -0.2) is 0 Å². The van der Waals surface area contributed by atoms with E-state index in [1.807, 2.05) is 35.2 Å². The van der Waals surface area contributed by atoms with E-state index < -0.39 is 0 Å². The number of rotatable bonds is 6. The van der Waals surface area contributed by atoms with Gasteiger partial charge in [0.1, 0.15) is 6.61 Å². The molecule has 7 nitrogen and oxygen atoms in total. The SMILES string of the molecule is COc1ccccc1OCc1cc(C2CCN(C(=O)c3cccnc3)C2)n[nH]1. The summed E-state index contributed by atoms with van der Waals surface area (Å²) in [5.74, 6) is 1.63. The van der Waals surface area contributed by atoms with Crippen LogP contribution in [-0.4, -0.2) is 46.2 Å². The molecule has 1 atom stereocenters. The van der Waals surface area contributed by atoms with Gasteiger partial charge in [-0.2, -0.15) is 5.10 Å². The molecule has 1 aliphatic rings. The molecule has 1 fully saturated rings. The molecule has 0 bridgehead atoms. The molecule has 3 aromatic rings. The van der Waals surface area contributed by atoms with Crippen molar-refractivity contribution >= 4 is 5.91 Å². The smallest absolute Gasteiger partial charge is 0.255 e. The van der Waals surface area contributed by atoms with E-state index in [0.29, 0.717) is 30.2 Å². The number of para-hydroxylation sites is 2. The van der Waals surface area contributed by atoms with Gasteiger partial charge in [-0.1, -0.05) is 12.1 Å². The van der Waals surface area contributed by atoms with Gasteiger partial charge >= 0.3 is 0 Å². The van der Waals surface area contributed by atoms with Gasteiger partial charge in [0.2, 0.25) is 0 Å². The molecular weight excluding hydrogens is 356 g/mol. The van der Waals surface area contributed by atoms with Gasteiger partial charge in [0.15, 0.2) is 11.5 Å². The number of carbonyl (C=O) groups is 1. The maximum absolute atomic E-state index is 12.6. The van der Waals surface area contributed by atoms with Gasteiger partial charge in [0.05, 0.1) is 24.1 Å². The molecule has 3 heterocycles. The first-order valence-corrected chi connectivity index (χ1v) is 9.24. The summed E-state index contributed by atoms with van der Waals surface area (Å²) in [5, 5.41) is 7.47. The highest BCUT2D eigenvalue weighted by Crippen LogP contribution is 2.29. The van der Waals surface area contributed by atoms with E-state index in [2.05, 4.69) is 15.2 Å². The molecule has 28 heavy (non-hydrogen) atoms. The molecule has 7 heteroatoms. The molecule has 1 unspecified atom stereocenters. The normalized spacial score (nSPS) is 16.2. The molecule has 0 saturated carbocycles. The third kappa shape index (κ3) is 3.83. The number of benzene rings is 1. The Morgan fingerprint density at radius 3 is 2.89 bits per heavy atom. The second-order valence-corrected chi connectivity index (χ2v) is 6.74. The van der Waals surface area contributed by atoms with Crippen LogP contribution in [0.1, 0.15) is 34.1 Å². The second-order valence-electron chi connectivity index (χ2n) is 6.74. The number of ether oxygens (including phenoxy) is 2. The summed E-state index contributed by atoms with van der Waals surface area (Å²) in [6.45, 7) is 1.75. The van der Waals surface area contributed by atoms with Crippen molar-refractivity contribution in [3.05, 3.63) is 71.8 Å². The van der Waals surface area contributed by atoms with E-state index in [4.69, 9.17) is 9.47 Å². The number of nitrogens with one attached hydrogen (secondary N) is 1. The number of amides is 1. The summed E-state index contributed by atoms with van der Waals surface area (Å²) >= 11 is 0. The van der Waals surface area contributed by atoms with Crippen molar-refractivity contribution in [1.82, 2.24) is 20.1 Å². The Bertz CT molecular complexity index is 942. The topological polar surface area (TPSA) is 80.3 Å². The van der Waals surface area contributed by atoms with Crippen molar-refractivity contribution in [2.24, 2.45) is 0 Å². The molecule has 0 radical (unpaired) electrons. The molecule has 1 aliphatic heterocycles. The summed E-state index contributed by atoms with van der Waals surface area (Å²) in [7, 11) is 1.62. The summed E-state index contributed by atoms with van der Waals surface area (Å²) in [5.41, 5.74) is 2.47. The zero-order valence-electron chi connectivity index (χ0n) is 15.7. The zero-order chi connectivity index (χ0) is 19.3. The molecule has 1 amide bonds. The van der Waals surface area contributed by atoms with Crippen LogP contribution in [0.3, 0.4) is 0 Å². The summed E-state index contributed by atoms with van der Waals surface area (Å²) in [6.07, 6.45) is 4.17.